The molecule has 0 radical (unpaired) electrons. The van der Waals surface area contributed by atoms with E-state index in [1.54, 1.807) is 6.33 Å². The number of morpholine rings is 1. The van der Waals surface area contributed by atoms with E-state index < -0.39 is 0 Å². The fourth-order valence-electron chi connectivity index (χ4n) is 3.07. The molecule has 1 aromatic carbocycles. The second kappa shape index (κ2) is 7.17. The summed E-state index contributed by atoms with van der Waals surface area (Å²) in [7, 11) is 0. The summed E-state index contributed by atoms with van der Waals surface area (Å²) in [5.74, 6) is 3.05. The first kappa shape index (κ1) is 16.0. The van der Waals surface area contributed by atoms with E-state index in [4.69, 9.17) is 16.3 Å². The van der Waals surface area contributed by atoms with Crippen LogP contribution in [0, 0.1) is 0 Å². The van der Waals surface area contributed by atoms with Crippen LogP contribution >= 0.6 is 23.4 Å². The van der Waals surface area contributed by atoms with Crippen LogP contribution in [0.3, 0.4) is 0 Å². The van der Waals surface area contributed by atoms with Gasteiger partial charge in [-0.25, -0.2) is 9.97 Å². The molecule has 126 valence electrons. The normalized spacial score (nSPS) is 21.3. The first-order chi connectivity index (χ1) is 11.8. The molecule has 1 unspecified atom stereocenters. The van der Waals surface area contributed by atoms with Gasteiger partial charge in [0.2, 0.25) is 0 Å². The number of hydrogen-bond acceptors (Lipinski definition) is 6. The van der Waals surface area contributed by atoms with Crippen molar-refractivity contribution < 1.29 is 4.74 Å². The molecule has 2 fully saturated rings. The lowest BCUT2D eigenvalue weighted by Gasteiger charge is -2.29. The first-order valence-corrected chi connectivity index (χ1v) is 9.52. The molecule has 0 spiro atoms. The summed E-state index contributed by atoms with van der Waals surface area (Å²) in [5.41, 5.74) is 1.26. The van der Waals surface area contributed by atoms with Crippen LogP contribution in [0.4, 0.5) is 11.6 Å². The summed E-state index contributed by atoms with van der Waals surface area (Å²) >= 11 is 7.96. The van der Waals surface area contributed by atoms with E-state index in [0.29, 0.717) is 0 Å². The molecule has 2 saturated heterocycles. The van der Waals surface area contributed by atoms with Gasteiger partial charge in [0, 0.05) is 36.5 Å². The molecule has 0 N–H and O–H groups in total. The highest BCUT2D eigenvalue weighted by Gasteiger charge is 2.28. The Labute approximate surface area is 151 Å². The Morgan fingerprint density at radius 1 is 1.04 bits per heavy atom. The minimum atomic E-state index is 0.273. The largest absolute Gasteiger partial charge is 0.378 e. The number of hydrogen-bond donors (Lipinski definition) is 0. The number of benzene rings is 1. The highest BCUT2D eigenvalue weighted by atomic mass is 35.5. The van der Waals surface area contributed by atoms with E-state index in [1.165, 1.54) is 5.56 Å². The lowest BCUT2D eigenvalue weighted by Crippen LogP contribution is -2.37. The average Bonchev–Trinajstić information content (AvgIpc) is 3.13. The molecule has 24 heavy (non-hydrogen) atoms. The lowest BCUT2D eigenvalue weighted by molar-refractivity contribution is 0.122. The smallest absolute Gasteiger partial charge is 0.135 e. The fraction of sp³-hybridized carbons (Fsp3) is 0.412. The summed E-state index contributed by atoms with van der Waals surface area (Å²) in [5, 5.41) is 1.04. The van der Waals surface area contributed by atoms with Gasteiger partial charge in [0.15, 0.2) is 0 Å². The van der Waals surface area contributed by atoms with Crippen LogP contribution in [0.25, 0.3) is 0 Å². The van der Waals surface area contributed by atoms with Crippen LogP contribution in [-0.4, -0.2) is 48.6 Å². The quantitative estimate of drug-likeness (QED) is 0.835. The third-order valence-electron chi connectivity index (χ3n) is 4.31. The lowest BCUT2D eigenvalue weighted by atomic mass is 10.2. The third kappa shape index (κ3) is 3.31. The van der Waals surface area contributed by atoms with Crippen LogP contribution in [-0.2, 0) is 4.74 Å². The van der Waals surface area contributed by atoms with Gasteiger partial charge in [-0.1, -0.05) is 23.7 Å². The van der Waals surface area contributed by atoms with E-state index in [-0.39, 0.29) is 5.37 Å². The molecular formula is C17H19ClN4OS. The molecule has 7 heteroatoms. The van der Waals surface area contributed by atoms with Gasteiger partial charge < -0.3 is 14.5 Å². The maximum Gasteiger partial charge on any atom is 0.135 e. The van der Waals surface area contributed by atoms with Gasteiger partial charge >= 0.3 is 0 Å². The van der Waals surface area contributed by atoms with Crippen LogP contribution in [0.15, 0.2) is 36.7 Å². The van der Waals surface area contributed by atoms with Crippen LogP contribution in [0.2, 0.25) is 5.02 Å². The maximum atomic E-state index is 6.02. The fourth-order valence-corrected chi connectivity index (χ4v) is 4.46. The molecule has 2 aliphatic heterocycles. The van der Waals surface area contributed by atoms with Crippen molar-refractivity contribution in [3.63, 3.8) is 0 Å². The van der Waals surface area contributed by atoms with Crippen molar-refractivity contribution in [2.75, 3.05) is 48.4 Å². The molecule has 5 nitrogen and oxygen atoms in total. The molecule has 3 heterocycles. The van der Waals surface area contributed by atoms with Crippen molar-refractivity contribution >= 4 is 35.0 Å². The summed E-state index contributed by atoms with van der Waals surface area (Å²) in [6.45, 7) is 4.26. The van der Waals surface area contributed by atoms with Gasteiger partial charge in [0.1, 0.15) is 23.3 Å². The van der Waals surface area contributed by atoms with Crippen molar-refractivity contribution in [3.8, 4) is 0 Å². The second-order valence-electron chi connectivity index (χ2n) is 5.80. The molecule has 4 rings (SSSR count). The Kier molecular flexibility index (Phi) is 4.78. The van der Waals surface area contributed by atoms with E-state index in [2.05, 4.69) is 38.0 Å². The highest BCUT2D eigenvalue weighted by molar-refractivity contribution is 7.99. The van der Waals surface area contributed by atoms with Crippen molar-refractivity contribution in [3.05, 3.63) is 47.2 Å². The number of halogens is 1. The molecule has 1 aromatic heterocycles. The zero-order valence-corrected chi connectivity index (χ0v) is 14.8. The maximum absolute atomic E-state index is 6.02. The summed E-state index contributed by atoms with van der Waals surface area (Å²) < 4.78 is 5.43. The molecule has 0 aliphatic carbocycles. The number of thioether (sulfide) groups is 1. The van der Waals surface area contributed by atoms with E-state index in [9.17, 15) is 0 Å². The zero-order valence-electron chi connectivity index (χ0n) is 13.3. The summed E-state index contributed by atoms with van der Waals surface area (Å²) in [6, 6.07) is 10.2. The number of anilines is 2. The third-order valence-corrected chi connectivity index (χ3v) is 5.83. The van der Waals surface area contributed by atoms with Crippen molar-refractivity contribution in [1.82, 2.24) is 9.97 Å². The average molecular weight is 363 g/mol. The van der Waals surface area contributed by atoms with Gasteiger partial charge in [0.25, 0.3) is 0 Å². The summed E-state index contributed by atoms with van der Waals surface area (Å²) in [4.78, 5) is 13.6. The van der Waals surface area contributed by atoms with Crippen LogP contribution in [0.5, 0.6) is 0 Å². The Morgan fingerprint density at radius 3 is 2.58 bits per heavy atom. The molecule has 0 bridgehead atoms. The van der Waals surface area contributed by atoms with Gasteiger partial charge in [-0.3, -0.25) is 0 Å². The summed E-state index contributed by atoms with van der Waals surface area (Å²) in [6.07, 6.45) is 1.67. The molecule has 0 saturated carbocycles. The minimum Gasteiger partial charge on any atom is -0.378 e. The van der Waals surface area contributed by atoms with Crippen molar-refractivity contribution in [2.45, 2.75) is 5.37 Å². The number of nitrogens with zero attached hydrogens (tertiary/aromatic N) is 4. The van der Waals surface area contributed by atoms with Gasteiger partial charge in [0.05, 0.1) is 13.2 Å². The topological polar surface area (TPSA) is 41.5 Å². The first-order valence-electron chi connectivity index (χ1n) is 8.10. The Balaban J connectivity index is 1.58. The van der Waals surface area contributed by atoms with Gasteiger partial charge in [-0.2, -0.15) is 0 Å². The van der Waals surface area contributed by atoms with Crippen LogP contribution < -0.4 is 9.80 Å². The Hall–Kier alpha value is -1.50. The SMILES string of the molecule is Clc1ccc(C2SCCN2c2cc(N3CCOCC3)ncn2)cc1. The highest BCUT2D eigenvalue weighted by Crippen LogP contribution is 2.40. The second-order valence-corrected chi connectivity index (χ2v) is 7.43. The number of rotatable bonds is 3. The van der Waals surface area contributed by atoms with E-state index >= 15 is 0 Å². The van der Waals surface area contributed by atoms with Gasteiger partial charge in [-0.15, -0.1) is 11.8 Å². The molecular weight excluding hydrogens is 344 g/mol. The van der Waals surface area contributed by atoms with Crippen molar-refractivity contribution in [1.29, 1.82) is 0 Å². The molecule has 2 aromatic rings. The monoisotopic (exact) mass is 362 g/mol. The predicted molar refractivity (Wildman–Crippen MR) is 99.1 cm³/mol. The van der Waals surface area contributed by atoms with E-state index in [0.717, 1.165) is 55.3 Å². The number of aromatic nitrogens is 2. The minimum absolute atomic E-state index is 0.273. The zero-order chi connectivity index (χ0) is 16.4. The van der Waals surface area contributed by atoms with E-state index in [1.807, 2.05) is 23.9 Å². The molecule has 0 amide bonds. The molecule has 2 aliphatic rings. The van der Waals surface area contributed by atoms with Gasteiger partial charge in [-0.05, 0) is 17.7 Å². The standard InChI is InChI=1S/C17H19ClN4OS/c18-14-3-1-13(2-4-14)17-22(7-10-24-17)16-11-15(19-12-20-16)21-5-8-23-9-6-21/h1-4,11-12,17H,5-10H2. The number of ether oxygens (including phenoxy) is 1. The predicted octanol–water partition coefficient (Wildman–Crippen LogP) is 3.22. The van der Waals surface area contributed by atoms with Crippen molar-refractivity contribution in [2.24, 2.45) is 0 Å². The molecule has 1 atom stereocenters. The Morgan fingerprint density at radius 2 is 1.79 bits per heavy atom. The van der Waals surface area contributed by atoms with Crippen LogP contribution in [0.1, 0.15) is 10.9 Å². The Bertz CT molecular complexity index is 693.